The lowest BCUT2D eigenvalue weighted by molar-refractivity contribution is -0.157. The fourth-order valence-corrected chi connectivity index (χ4v) is 9.12. The average molecular weight is 490 g/mol. The zero-order valence-corrected chi connectivity index (χ0v) is 23.9. The van der Waals surface area contributed by atoms with Gasteiger partial charge < -0.3 is 10.5 Å². The molecule has 0 unspecified atom stereocenters. The van der Waals surface area contributed by atoms with Gasteiger partial charge in [-0.25, -0.2) is 0 Å². The highest BCUT2D eigenvalue weighted by molar-refractivity contribution is 6.07. The molecule has 0 aliphatic heterocycles. The summed E-state index contributed by atoms with van der Waals surface area (Å²) in [4.78, 5) is 13.3. The number of carbonyl (C=O) groups is 1. The number of nitrogens with two attached hydrogens (primary N) is 1. The predicted molar refractivity (Wildman–Crippen MR) is 148 cm³/mol. The van der Waals surface area contributed by atoms with Crippen molar-refractivity contribution in [1.82, 2.24) is 0 Å². The second-order valence-corrected chi connectivity index (χ2v) is 14.3. The second kappa shape index (κ2) is 7.74. The largest absolute Gasteiger partial charge is 0.487 e. The fourth-order valence-electron chi connectivity index (χ4n) is 9.12. The molecule has 0 heterocycles. The van der Waals surface area contributed by atoms with Gasteiger partial charge in [-0.05, 0) is 105 Å². The Bertz CT molecular complexity index is 1170. The predicted octanol–water partition coefficient (Wildman–Crippen LogP) is 7.95. The first-order chi connectivity index (χ1) is 16.6. The number of ether oxygens (including phenoxy) is 1. The fraction of sp³-hybridized carbons (Fsp3) is 0.667. The van der Waals surface area contributed by atoms with E-state index in [2.05, 4.69) is 60.3 Å². The third kappa shape index (κ3) is 3.19. The lowest BCUT2D eigenvalue weighted by Gasteiger charge is -2.70. The molecule has 2 N–H and O–H groups in total. The zero-order valence-electron chi connectivity index (χ0n) is 23.9. The van der Waals surface area contributed by atoms with Crippen LogP contribution in [0.3, 0.4) is 0 Å². The molecule has 3 saturated carbocycles. The third-order valence-electron chi connectivity index (χ3n) is 12.0. The van der Waals surface area contributed by atoms with Gasteiger partial charge in [0.25, 0.3) is 0 Å². The van der Waals surface area contributed by atoms with E-state index in [0.29, 0.717) is 17.1 Å². The molecule has 5 rings (SSSR count). The SMILES string of the molecule is C=C(N)[C@]1(C)CC[C@]2(C)CC[C@]3(C)C4=CC=C5C(=CC(=O)C(OC(C)C)=C5C)[C@]4(C)CC[C@@]3(C)[C@@H]2C1. The minimum Gasteiger partial charge on any atom is -0.487 e. The van der Waals surface area contributed by atoms with Crippen LogP contribution in [0.15, 0.2) is 58.6 Å². The number of hydrogen-bond acceptors (Lipinski definition) is 3. The van der Waals surface area contributed by atoms with E-state index < -0.39 is 0 Å². The first kappa shape index (κ1) is 25.6. The molecule has 6 atom stereocenters. The summed E-state index contributed by atoms with van der Waals surface area (Å²) in [6, 6.07) is 0. The molecule has 5 aliphatic rings. The third-order valence-corrected chi connectivity index (χ3v) is 12.0. The lowest BCUT2D eigenvalue weighted by Crippen LogP contribution is -2.62. The van der Waals surface area contributed by atoms with Gasteiger partial charge in [0, 0.05) is 22.1 Å². The smallest absolute Gasteiger partial charge is 0.221 e. The average Bonchev–Trinajstić information content (AvgIpc) is 2.80. The number of rotatable bonds is 3. The highest BCUT2D eigenvalue weighted by Crippen LogP contribution is 2.75. The summed E-state index contributed by atoms with van der Waals surface area (Å²) >= 11 is 0. The normalized spacial score (nSPS) is 44.0. The maximum atomic E-state index is 13.3. The van der Waals surface area contributed by atoms with Gasteiger partial charge in [-0.1, -0.05) is 58.9 Å². The van der Waals surface area contributed by atoms with Gasteiger partial charge >= 0.3 is 0 Å². The van der Waals surface area contributed by atoms with Crippen molar-refractivity contribution in [3.05, 3.63) is 58.6 Å². The molecule has 0 saturated heterocycles. The van der Waals surface area contributed by atoms with E-state index in [-0.39, 0.29) is 33.5 Å². The van der Waals surface area contributed by atoms with E-state index in [1.54, 1.807) is 0 Å². The Balaban J connectivity index is 1.61. The highest BCUT2D eigenvalue weighted by Gasteiger charge is 2.66. The van der Waals surface area contributed by atoms with Crippen LogP contribution in [0.2, 0.25) is 0 Å². The van der Waals surface area contributed by atoms with Crippen LogP contribution in [-0.2, 0) is 9.53 Å². The van der Waals surface area contributed by atoms with Crippen LogP contribution < -0.4 is 5.73 Å². The van der Waals surface area contributed by atoms with Crippen LogP contribution in [-0.4, -0.2) is 11.9 Å². The summed E-state index contributed by atoms with van der Waals surface area (Å²) in [5.74, 6) is 1.15. The van der Waals surface area contributed by atoms with Gasteiger partial charge in [0.1, 0.15) is 0 Å². The quantitative estimate of drug-likeness (QED) is 0.437. The molecule has 0 aromatic carbocycles. The summed E-state index contributed by atoms with van der Waals surface area (Å²) in [7, 11) is 0. The van der Waals surface area contributed by atoms with Crippen molar-refractivity contribution >= 4 is 5.78 Å². The van der Waals surface area contributed by atoms with Crippen molar-refractivity contribution < 1.29 is 9.53 Å². The van der Waals surface area contributed by atoms with Crippen LogP contribution >= 0.6 is 0 Å². The minimum absolute atomic E-state index is 0.0173. The molecule has 0 aromatic heterocycles. The number of carbonyl (C=O) groups excluding carboxylic acids is 1. The lowest BCUT2D eigenvalue weighted by atomic mass is 9.34. The van der Waals surface area contributed by atoms with E-state index in [4.69, 9.17) is 10.5 Å². The van der Waals surface area contributed by atoms with Crippen molar-refractivity contribution in [3.8, 4) is 0 Å². The summed E-state index contributed by atoms with van der Waals surface area (Å²) in [6.07, 6.45) is 14.8. The second-order valence-electron chi connectivity index (χ2n) is 14.3. The van der Waals surface area contributed by atoms with Crippen molar-refractivity contribution in [3.63, 3.8) is 0 Å². The van der Waals surface area contributed by atoms with Gasteiger partial charge in [-0.3, -0.25) is 4.79 Å². The van der Waals surface area contributed by atoms with Crippen LogP contribution in [0.5, 0.6) is 0 Å². The standard InChI is InChI=1S/C33H47NO2/c1-20(2)36-28-21(3)23-10-11-26-31(7,24(23)18-25(28)35)15-17-33(9)27-19-30(6,22(4)34)13-12-29(27,5)14-16-32(26,33)8/h10-11,18,20,27H,4,12-17,19,34H2,1-3,5-9H3/t27-,29-,30-,31+,32-,33+/m1/s1. The van der Waals surface area contributed by atoms with E-state index in [1.807, 2.05) is 19.9 Å². The van der Waals surface area contributed by atoms with Gasteiger partial charge in [0.15, 0.2) is 5.76 Å². The minimum atomic E-state index is -0.123. The van der Waals surface area contributed by atoms with Crippen molar-refractivity contribution in [2.45, 2.75) is 106 Å². The van der Waals surface area contributed by atoms with Crippen LogP contribution in [0, 0.1) is 33.0 Å². The monoisotopic (exact) mass is 489 g/mol. The summed E-state index contributed by atoms with van der Waals surface area (Å²) in [5.41, 5.74) is 12.7. The maximum Gasteiger partial charge on any atom is 0.221 e. The number of hydrogen-bond donors (Lipinski definition) is 1. The Morgan fingerprint density at radius 3 is 2.33 bits per heavy atom. The Labute approximate surface area is 219 Å². The Hall–Kier alpha value is -2.03. The summed E-state index contributed by atoms with van der Waals surface area (Å²) in [6.45, 7) is 22.7. The van der Waals surface area contributed by atoms with Crippen LogP contribution in [0.25, 0.3) is 0 Å². The van der Waals surface area contributed by atoms with Crippen LogP contribution in [0.1, 0.15) is 100 Å². The molecule has 196 valence electrons. The highest BCUT2D eigenvalue weighted by atomic mass is 16.5. The molecule has 3 heteroatoms. The number of ketones is 1. The first-order valence-corrected chi connectivity index (χ1v) is 14.1. The Morgan fingerprint density at radius 2 is 1.69 bits per heavy atom. The van der Waals surface area contributed by atoms with Crippen LogP contribution in [0.4, 0.5) is 0 Å². The molecule has 3 fully saturated rings. The molecule has 0 radical (unpaired) electrons. The Kier molecular flexibility index (Phi) is 5.51. The van der Waals surface area contributed by atoms with E-state index >= 15 is 0 Å². The molecule has 0 aromatic rings. The molecule has 0 amide bonds. The molecule has 36 heavy (non-hydrogen) atoms. The van der Waals surface area contributed by atoms with E-state index in [1.165, 1.54) is 42.4 Å². The topological polar surface area (TPSA) is 52.3 Å². The molecule has 0 spiro atoms. The van der Waals surface area contributed by atoms with Gasteiger partial charge in [0.2, 0.25) is 5.78 Å². The number of allylic oxidation sites excluding steroid dienone is 8. The van der Waals surface area contributed by atoms with Crippen molar-refractivity contribution in [2.75, 3.05) is 0 Å². The molecule has 0 bridgehead atoms. The van der Waals surface area contributed by atoms with Crippen molar-refractivity contribution in [2.24, 2.45) is 38.7 Å². The molecule has 5 aliphatic carbocycles. The van der Waals surface area contributed by atoms with Gasteiger partial charge in [0.05, 0.1) is 6.10 Å². The van der Waals surface area contributed by atoms with Crippen molar-refractivity contribution in [1.29, 1.82) is 0 Å². The number of fused-ring (bicyclic) bond motifs is 7. The maximum absolute atomic E-state index is 13.3. The van der Waals surface area contributed by atoms with Gasteiger partial charge in [-0.2, -0.15) is 0 Å². The summed E-state index contributed by atoms with van der Waals surface area (Å²) < 4.78 is 5.97. The molecular formula is C33H47NO2. The van der Waals surface area contributed by atoms with E-state index in [9.17, 15) is 4.79 Å². The molecule has 3 nitrogen and oxygen atoms in total. The Morgan fingerprint density at radius 1 is 1.03 bits per heavy atom. The van der Waals surface area contributed by atoms with E-state index in [0.717, 1.165) is 30.5 Å². The first-order valence-electron chi connectivity index (χ1n) is 14.1. The van der Waals surface area contributed by atoms with Gasteiger partial charge in [-0.15, -0.1) is 0 Å². The molecular weight excluding hydrogens is 442 g/mol. The summed E-state index contributed by atoms with van der Waals surface area (Å²) in [5, 5.41) is 0. The zero-order chi connectivity index (χ0) is 26.5.